The quantitative estimate of drug-likeness (QED) is 0.718. The Morgan fingerprint density at radius 1 is 1.25 bits per heavy atom. The van der Waals surface area contributed by atoms with Crippen LogP contribution in [0.2, 0.25) is 0 Å². The summed E-state index contributed by atoms with van der Waals surface area (Å²) in [6.07, 6.45) is 6.18. The lowest BCUT2D eigenvalue weighted by molar-refractivity contribution is 0.425. The van der Waals surface area contributed by atoms with Crippen LogP contribution < -0.4 is 0 Å². The minimum absolute atomic E-state index is 0.359. The van der Waals surface area contributed by atoms with Crippen LogP contribution in [0, 0.1) is 0 Å². The van der Waals surface area contributed by atoms with Crippen molar-refractivity contribution >= 4 is 11.6 Å². The summed E-state index contributed by atoms with van der Waals surface area (Å²) in [5.41, 5.74) is 2.48. The van der Waals surface area contributed by atoms with Gasteiger partial charge in [-0.25, -0.2) is 4.39 Å². The Balaban J connectivity index is 2.24. The first-order valence-electron chi connectivity index (χ1n) is 5.95. The molecule has 3 heteroatoms. The van der Waals surface area contributed by atoms with Gasteiger partial charge in [0.2, 0.25) is 0 Å². The molecule has 0 spiro atoms. The van der Waals surface area contributed by atoms with Crippen LogP contribution in [0.25, 0.3) is 0 Å². The van der Waals surface area contributed by atoms with Crippen molar-refractivity contribution in [1.29, 1.82) is 0 Å². The fraction of sp³-hybridized carbons (Fsp3) is 0.615. The van der Waals surface area contributed by atoms with Crippen LogP contribution in [-0.4, -0.2) is 4.98 Å². The molecule has 1 aliphatic carbocycles. The van der Waals surface area contributed by atoms with Crippen molar-refractivity contribution in [1.82, 2.24) is 4.98 Å². The molecule has 0 atom stereocenters. The highest BCUT2D eigenvalue weighted by molar-refractivity contribution is 6.16. The standard InChI is InChI=1S/C13H17ClFN/c14-8-11-6-7-12(13(9-15)16-11)10-4-2-1-3-5-10/h6-7,10H,1-5,8-9H2. The molecule has 1 fully saturated rings. The summed E-state index contributed by atoms with van der Waals surface area (Å²) in [5, 5.41) is 0. The molecule has 0 aromatic carbocycles. The first kappa shape index (κ1) is 11.8. The highest BCUT2D eigenvalue weighted by Gasteiger charge is 2.19. The van der Waals surface area contributed by atoms with Crippen LogP contribution in [-0.2, 0) is 12.6 Å². The molecule has 88 valence electrons. The van der Waals surface area contributed by atoms with Gasteiger partial charge in [0, 0.05) is 0 Å². The Morgan fingerprint density at radius 2 is 2.00 bits per heavy atom. The van der Waals surface area contributed by atoms with E-state index < -0.39 is 6.67 Å². The van der Waals surface area contributed by atoms with E-state index in [2.05, 4.69) is 4.98 Å². The molecule has 2 rings (SSSR count). The summed E-state index contributed by atoms with van der Waals surface area (Å²) in [6.45, 7) is -0.476. The average molecular weight is 242 g/mol. The summed E-state index contributed by atoms with van der Waals surface area (Å²) in [4.78, 5) is 4.28. The van der Waals surface area contributed by atoms with Crippen molar-refractivity contribution in [3.05, 3.63) is 29.1 Å². The van der Waals surface area contributed by atoms with Crippen LogP contribution in [0.1, 0.15) is 55.0 Å². The lowest BCUT2D eigenvalue weighted by Gasteiger charge is -2.23. The molecular formula is C13H17ClFN. The molecule has 1 saturated carbocycles. The van der Waals surface area contributed by atoms with Crippen LogP contribution in [0.15, 0.2) is 12.1 Å². The number of rotatable bonds is 3. The second-order valence-electron chi connectivity index (χ2n) is 4.44. The maximum Gasteiger partial charge on any atom is 0.132 e. The summed E-state index contributed by atoms with van der Waals surface area (Å²) in [6, 6.07) is 3.95. The second kappa shape index (κ2) is 5.62. The molecule has 1 nitrogen and oxygen atoms in total. The lowest BCUT2D eigenvalue weighted by atomic mass is 9.83. The second-order valence-corrected chi connectivity index (χ2v) is 4.71. The smallest absolute Gasteiger partial charge is 0.132 e. The van der Waals surface area contributed by atoms with E-state index in [0.29, 0.717) is 17.5 Å². The minimum atomic E-state index is -0.476. The predicted octanol–water partition coefficient (Wildman–Crippen LogP) is 4.34. The first-order chi connectivity index (χ1) is 7.85. The van der Waals surface area contributed by atoms with Crippen molar-refractivity contribution in [3.8, 4) is 0 Å². The van der Waals surface area contributed by atoms with Crippen molar-refractivity contribution in [3.63, 3.8) is 0 Å². The highest BCUT2D eigenvalue weighted by Crippen LogP contribution is 2.34. The van der Waals surface area contributed by atoms with Gasteiger partial charge in [0.15, 0.2) is 0 Å². The van der Waals surface area contributed by atoms with Gasteiger partial charge < -0.3 is 0 Å². The Kier molecular flexibility index (Phi) is 4.16. The fourth-order valence-electron chi connectivity index (χ4n) is 2.52. The van der Waals surface area contributed by atoms with Gasteiger partial charge in [-0.05, 0) is 30.4 Å². The molecule has 0 amide bonds. The molecule has 0 radical (unpaired) electrons. The van der Waals surface area contributed by atoms with E-state index in [9.17, 15) is 4.39 Å². The van der Waals surface area contributed by atoms with Gasteiger partial charge in [0.25, 0.3) is 0 Å². The SMILES string of the molecule is FCc1nc(CCl)ccc1C1CCCCC1. The number of halogens is 2. The zero-order chi connectivity index (χ0) is 11.4. The number of hydrogen-bond acceptors (Lipinski definition) is 1. The van der Waals surface area contributed by atoms with E-state index in [-0.39, 0.29) is 0 Å². The molecule has 16 heavy (non-hydrogen) atoms. The van der Waals surface area contributed by atoms with Crippen LogP contribution in [0.5, 0.6) is 0 Å². The zero-order valence-corrected chi connectivity index (χ0v) is 10.1. The molecule has 1 aliphatic rings. The highest BCUT2D eigenvalue weighted by atomic mass is 35.5. The van der Waals surface area contributed by atoms with Crippen molar-refractivity contribution in [2.75, 3.05) is 0 Å². The molecule has 1 aromatic heterocycles. The van der Waals surface area contributed by atoms with Gasteiger partial charge >= 0.3 is 0 Å². The van der Waals surface area contributed by atoms with E-state index in [1.807, 2.05) is 12.1 Å². The van der Waals surface area contributed by atoms with Gasteiger partial charge in [-0.1, -0.05) is 25.3 Å². The Morgan fingerprint density at radius 3 is 2.62 bits per heavy atom. The first-order valence-corrected chi connectivity index (χ1v) is 6.49. The van der Waals surface area contributed by atoms with Gasteiger partial charge in [-0.15, -0.1) is 11.6 Å². The van der Waals surface area contributed by atoms with Crippen molar-refractivity contribution in [2.24, 2.45) is 0 Å². The van der Waals surface area contributed by atoms with Crippen molar-refractivity contribution in [2.45, 2.75) is 50.6 Å². The maximum atomic E-state index is 13.0. The Bertz CT molecular complexity index is 348. The van der Waals surface area contributed by atoms with Gasteiger partial charge in [0.05, 0.1) is 17.3 Å². The summed E-state index contributed by atoms with van der Waals surface area (Å²) in [5.74, 6) is 0.870. The van der Waals surface area contributed by atoms with E-state index in [1.54, 1.807) is 0 Å². The molecule has 0 N–H and O–H groups in total. The molecule has 1 heterocycles. The predicted molar refractivity (Wildman–Crippen MR) is 64.4 cm³/mol. The summed E-state index contributed by atoms with van der Waals surface area (Å²) in [7, 11) is 0. The molecule has 0 saturated heterocycles. The zero-order valence-electron chi connectivity index (χ0n) is 9.38. The van der Waals surface area contributed by atoms with Gasteiger partial charge in [-0.2, -0.15) is 0 Å². The fourth-order valence-corrected chi connectivity index (χ4v) is 2.67. The molecule has 0 unspecified atom stereocenters. The Hall–Kier alpha value is -0.630. The van der Waals surface area contributed by atoms with E-state index >= 15 is 0 Å². The topological polar surface area (TPSA) is 12.9 Å². The van der Waals surface area contributed by atoms with Crippen LogP contribution in [0.3, 0.4) is 0 Å². The maximum absolute atomic E-state index is 13.0. The minimum Gasteiger partial charge on any atom is -0.254 e. The molecule has 0 bridgehead atoms. The number of pyridine rings is 1. The number of hydrogen-bond donors (Lipinski definition) is 0. The molecule has 0 aliphatic heterocycles. The van der Waals surface area contributed by atoms with E-state index in [0.717, 1.165) is 11.3 Å². The van der Waals surface area contributed by atoms with Crippen LogP contribution in [0.4, 0.5) is 4.39 Å². The Labute approximate surface area is 101 Å². The lowest BCUT2D eigenvalue weighted by Crippen LogP contribution is -2.09. The van der Waals surface area contributed by atoms with Gasteiger partial charge in [0.1, 0.15) is 6.67 Å². The van der Waals surface area contributed by atoms with Crippen LogP contribution >= 0.6 is 11.6 Å². The van der Waals surface area contributed by atoms with E-state index in [1.165, 1.54) is 32.1 Å². The average Bonchev–Trinajstić information content (AvgIpc) is 2.39. The number of alkyl halides is 2. The monoisotopic (exact) mass is 241 g/mol. The summed E-state index contributed by atoms with van der Waals surface area (Å²) < 4.78 is 13.0. The van der Waals surface area contributed by atoms with E-state index in [4.69, 9.17) is 11.6 Å². The molecular weight excluding hydrogens is 225 g/mol. The molecule has 1 aromatic rings. The number of nitrogens with zero attached hydrogens (tertiary/aromatic N) is 1. The number of aromatic nitrogens is 1. The largest absolute Gasteiger partial charge is 0.254 e. The third-order valence-corrected chi connectivity index (χ3v) is 3.65. The van der Waals surface area contributed by atoms with Gasteiger partial charge in [-0.3, -0.25) is 4.98 Å². The third-order valence-electron chi connectivity index (χ3n) is 3.38. The summed E-state index contributed by atoms with van der Waals surface area (Å²) >= 11 is 5.71. The van der Waals surface area contributed by atoms with Crippen molar-refractivity contribution < 1.29 is 4.39 Å². The third kappa shape index (κ3) is 2.54. The normalized spacial score (nSPS) is 17.6.